The van der Waals surface area contributed by atoms with E-state index in [-0.39, 0.29) is 11.9 Å². The molecule has 5 nitrogen and oxygen atoms in total. The molecule has 2 rings (SSSR count). The molecule has 1 heterocycles. The lowest BCUT2D eigenvalue weighted by Crippen LogP contribution is -2.27. The third-order valence-electron chi connectivity index (χ3n) is 3.70. The normalized spacial score (nSPS) is 12.0. The Bertz CT molecular complexity index is 644. The second-order valence-corrected chi connectivity index (χ2v) is 5.14. The summed E-state index contributed by atoms with van der Waals surface area (Å²) < 4.78 is 6.86. The molecule has 1 N–H and O–H groups in total. The second kappa shape index (κ2) is 5.99. The van der Waals surface area contributed by atoms with E-state index >= 15 is 0 Å². The minimum Gasteiger partial charge on any atom is -0.497 e. The van der Waals surface area contributed by atoms with E-state index in [1.807, 2.05) is 52.1 Å². The van der Waals surface area contributed by atoms with Gasteiger partial charge in [-0.2, -0.15) is 5.10 Å². The molecular weight excluding hydrogens is 266 g/mol. The lowest BCUT2D eigenvalue weighted by molar-refractivity contribution is 0.0938. The molecule has 1 amide bonds. The predicted octanol–water partition coefficient (Wildman–Crippen LogP) is 2.54. The molecule has 1 atom stereocenters. The molecule has 0 saturated carbocycles. The Balaban J connectivity index is 2.14. The number of aromatic nitrogens is 2. The van der Waals surface area contributed by atoms with Crippen LogP contribution >= 0.6 is 0 Å². The summed E-state index contributed by atoms with van der Waals surface area (Å²) in [6, 6.07) is 7.60. The summed E-state index contributed by atoms with van der Waals surface area (Å²) >= 11 is 0. The molecule has 2 aromatic rings. The van der Waals surface area contributed by atoms with Crippen molar-refractivity contribution in [3.05, 3.63) is 46.8 Å². The number of carbonyl (C=O) groups is 1. The summed E-state index contributed by atoms with van der Waals surface area (Å²) in [5, 5.41) is 7.29. The highest BCUT2D eigenvalue weighted by molar-refractivity contribution is 5.96. The van der Waals surface area contributed by atoms with Crippen LogP contribution in [0.5, 0.6) is 5.75 Å². The number of nitrogens with one attached hydrogen (secondary N) is 1. The number of aryl methyl sites for hydroxylation is 2. The van der Waals surface area contributed by atoms with Crippen LogP contribution in [-0.2, 0) is 7.05 Å². The Morgan fingerprint density at radius 1 is 1.29 bits per heavy atom. The lowest BCUT2D eigenvalue weighted by Gasteiger charge is -2.15. The quantitative estimate of drug-likeness (QED) is 0.940. The van der Waals surface area contributed by atoms with E-state index in [2.05, 4.69) is 10.4 Å². The van der Waals surface area contributed by atoms with Crippen LogP contribution in [0.3, 0.4) is 0 Å². The SMILES string of the molecule is COc1ccc([C@H](C)NC(=O)c2c(C)nn(C)c2C)cc1. The van der Waals surface area contributed by atoms with E-state index in [1.165, 1.54) is 0 Å². The smallest absolute Gasteiger partial charge is 0.255 e. The molecule has 0 aliphatic heterocycles. The molecule has 21 heavy (non-hydrogen) atoms. The maximum atomic E-state index is 12.4. The van der Waals surface area contributed by atoms with Crippen LogP contribution < -0.4 is 10.1 Å². The van der Waals surface area contributed by atoms with Crippen molar-refractivity contribution in [2.24, 2.45) is 7.05 Å². The summed E-state index contributed by atoms with van der Waals surface area (Å²) in [5.74, 6) is 0.706. The van der Waals surface area contributed by atoms with Crippen molar-refractivity contribution in [2.45, 2.75) is 26.8 Å². The maximum absolute atomic E-state index is 12.4. The largest absolute Gasteiger partial charge is 0.497 e. The summed E-state index contributed by atoms with van der Waals surface area (Å²) in [6.45, 7) is 5.70. The van der Waals surface area contributed by atoms with Crippen molar-refractivity contribution < 1.29 is 9.53 Å². The van der Waals surface area contributed by atoms with E-state index in [0.29, 0.717) is 5.56 Å². The Morgan fingerprint density at radius 3 is 2.38 bits per heavy atom. The van der Waals surface area contributed by atoms with Crippen molar-refractivity contribution in [1.29, 1.82) is 0 Å². The van der Waals surface area contributed by atoms with Gasteiger partial charge in [0.2, 0.25) is 0 Å². The van der Waals surface area contributed by atoms with Gasteiger partial charge in [-0.05, 0) is 38.5 Å². The molecule has 0 spiro atoms. The maximum Gasteiger partial charge on any atom is 0.255 e. The van der Waals surface area contributed by atoms with E-state index in [4.69, 9.17) is 4.74 Å². The molecule has 0 bridgehead atoms. The summed E-state index contributed by atoms with van der Waals surface area (Å²) in [7, 11) is 3.47. The molecule has 0 radical (unpaired) electrons. The van der Waals surface area contributed by atoms with Crippen LogP contribution in [0.4, 0.5) is 0 Å². The van der Waals surface area contributed by atoms with Crippen LogP contribution in [0, 0.1) is 13.8 Å². The number of carbonyl (C=O) groups excluding carboxylic acids is 1. The van der Waals surface area contributed by atoms with Gasteiger partial charge in [0.05, 0.1) is 24.4 Å². The molecule has 0 fully saturated rings. The van der Waals surface area contributed by atoms with Crippen molar-refractivity contribution >= 4 is 5.91 Å². The van der Waals surface area contributed by atoms with Gasteiger partial charge in [-0.1, -0.05) is 12.1 Å². The van der Waals surface area contributed by atoms with Gasteiger partial charge >= 0.3 is 0 Å². The zero-order valence-corrected chi connectivity index (χ0v) is 13.1. The van der Waals surface area contributed by atoms with Gasteiger partial charge in [-0.15, -0.1) is 0 Å². The highest BCUT2D eigenvalue weighted by Gasteiger charge is 2.19. The highest BCUT2D eigenvalue weighted by atomic mass is 16.5. The minimum atomic E-state index is -0.0959. The van der Waals surface area contributed by atoms with Crippen molar-refractivity contribution in [1.82, 2.24) is 15.1 Å². The topological polar surface area (TPSA) is 56.1 Å². The number of benzene rings is 1. The van der Waals surface area contributed by atoms with Crippen molar-refractivity contribution in [3.63, 3.8) is 0 Å². The summed E-state index contributed by atoms with van der Waals surface area (Å²) in [4.78, 5) is 12.4. The Labute approximate surface area is 124 Å². The van der Waals surface area contributed by atoms with E-state index in [9.17, 15) is 4.79 Å². The first-order valence-electron chi connectivity index (χ1n) is 6.89. The van der Waals surface area contributed by atoms with Crippen molar-refractivity contribution in [3.8, 4) is 5.75 Å². The Morgan fingerprint density at radius 2 is 1.90 bits per heavy atom. The van der Waals surface area contributed by atoms with E-state index in [1.54, 1.807) is 11.8 Å². The molecule has 1 aromatic heterocycles. The first-order valence-corrected chi connectivity index (χ1v) is 6.89. The molecule has 1 aromatic carbocycles. The van der Waals surface area contributed by atoms with Gasteiger partial charge in [0.1, 0.15) is 5.75 Å². The number of rotatable bonds is 4. The number of hydrogen-bond acceptors (Lipinski definition) is 3. The number of methoxy groups -OCH3 is 1. The van der Waals surface area contributed by atoms with Gasteiger partial charge in [0.25, 0.3) is 5.91 Å². The fraction of sp³-hybridized carbons (Fsp3) is 0.375. The molecule has 0 aliphatic carbocycles. The predicted molar refractivity (Wildman–Crippen MR) is 81.6 cm³/mol. The fourth-order valence-electron chi connectivity index (χ4n) is 2.35. The van der Waals surface area contributed by atoms with Gasteiger partial charge in [0, 0.05) is 12.7 Å². The van der Waals surface area contributed by atoms with Crippen LogP contribution in [0.2, 0.25) is 0 Å². The van der Waals surface area contributed by atoms with Crippen LogP contribution in [0.1, 0.15) is 40.3 Å². The van der Waals surface area contributed by atoms with Gasteiger partial charge in [-0.3, -0.25) is 9.48 Å². The van der Waals surface area contributed by atoms with E-state index < -0.39 is 0 Å². The Kier molecular flexibility index (Phi) is 4.31. The van der Waals surface area contributed by atoms with E-state index in [0.717, 1.165) is 22.7 Å². The van der Waals surface area contributed by atoms with Crippen LogP contribution in [-0.4, -0.2) is 22.8 Å². The van der Waals surface area contributed by atoms with Gasteiger partial charge in [0.15, 0.2) is 0 Å². The number of hydrogen-bond donors (Lipinski definition) is 1. The fourth-order valence-corrected chi connectivity index (χ4v) is 2.35. The van der Waals surface area contributed by atoms with Crippen LogP contribution in [0.15, 0.2) is 24.3 Å². The molecule has 0 aliphatic rings. The average molecular weight is 287 g/mol. The second-order valence-electron chi connectivity index (χ2n) is 5.14. The molecule has 112 valence electrons. The molecular formula is C16H21N3O2. The number of nitrogens with zero attached hydrogens (tertiary/aromatic N) is 2. The van der Waals surface area contributed by atoms with Crippen molar-refractivity contribution in [2.75, 3.05) is 7.11 Å². The zero-order chi connectivity index (χ0) is 15.6. The number of amides is 1. The molecule has 0 unspecified atom stereocenters. The molecule has 0 saturated heterocycles. The molecule has 5 heteroatoms. The monoisotopic (exact) mass is 287 g/mol. The minimum absolute atomic E-state index is 0.0811. The first-order chi connectivity index (χ1) is 9.93. The van der Waals surface area contributed by atoms with Gasteiger partial charge in [-0.25, -0.2) is 0 Å². The highest BCUT2D eigenvalue weighted by Crippen LogP contribution is 2.19. The zero-order valence-electron chi connectivity index (χ0n) is 13.1. The summed E-state index contributed by atoms with van der Waals surface area (Å²) in [5.41, 5.74) is 3.29. The summed E-state index contributed by atoms with van der Waals surface area (Å²) in [6.07, 6.45) is 0. The lowest BCUT2D eigenvalue weighted by atomic mass is 10.1. The van der Waals surface area contributed by atoms with Crippen LogP contribution in [0.25, 0.3) is 0 Å². The average Bonchev–Trinajstić information content (AvgIpc) is 2.72. The Hall–Kier alpha value is -2.30. The number of ether oxygens (including phenoxy) is 1. The first kappa shape index (κ1) is 15.1. The van der Waals surface area contributed by atoms with Gasteiger partial charge < -0.3 is 10.1 Å². The third-order valence-corrected chi connectivity index (χ3v) is 3.70. The standard InChI is InChI=1S/C16H21N3O2/c1-10(13-6-8-14(21-5)9-7-13)17-16(20)15-11(2)18-19(4)12(15)3/h6-10H,1-5H3,(H,17,20)/t10-/m0/s1. The third kappa shape index (κ3) is 3.07.